The van der Waals surface area contributed by atoms with Crippen LogP contribution in [0.1, 0.15) is 20.8 Å². The molecule has 0 saturated heterocycles. The molecule has 0 saturated carbocycles. The second-order valence-corrected chi connectivity index (χ2v) is 7.99. The fourth-order valence-corrected chi connectivity index (χ4v) is 2.61. The van der Waals surface area contributed by atoms with Gasteiger partial charge in [0.25, 0.3) is 5.69 Å². The summed E-state index contributed by atoms with van der Waals surface area (Å²) in [4.78, 5) is 25.1. The number of anilines is 1. The summed E-state index contributed by atoms with van der Waals surface area (Å²) in [5.74, 6) is 1.14. The van der Waals surface area contributed by atoms with Crippen molar-refractivity contribution in [1.82, 2.24) is 0 Å². The third-order valence-electron chi connectivity index (χ3n) is 3.11. The monoisotopic (exact) mass is 466 g/mol. The highest BCUT2D eigenvalue weighted by atomic mass is 35.5. The van der Waals surface area contributed by atoms with Gasteiger partial charge >= 0.3 is 8.25 Å². The Balaban J connectivity index is 0.000000960. The molecule has 2 rings (SSSR count). The van der Waals surface area contributed by atoms with Gasteiger partial charge in [-0.05, 0) is 32.9 Å². The fourth-order valence-electron chi connectivity index (χ4n) is 2.11. The molecule has 0 unspecified atom stereocenters. The molecule has 0 bridgehead atoms. The Morgan fingerprint density at radius 2 is 1.66 bits per heavy atom. The number of ether oxygens (including phenoxy) is 2. The first-order valence-corrected chi connectivity index (χ1v) is 10.1. The number of methoxy groups -OCH3 is 1. The predicted octanol–water partition coefficient (Wildman–Crippen LogP) is 5.27. The van der Waals surface area contributed by atoms with Crippen molar-refractivity contribution in [3.05, 3.63) is 50.5 Å². The molecule has 0 aliphatic heterocycles. The maximum Gasteiger partial charge on any atom is 0.314 e. The van der Waals surface area contributed by atoms with Crippen LogP contribution in [0.5, 0.6) is 17.2 Å². The van der Waals surface area contributed by atoms with Crippen molar-refractivity contribution in [2.75, 3.05) is 12.4 Å². The first kappa shape index (κ1) is 25.0. The molecule has 0 amide bonds. The zero-order chi connectivity index (χ0) is 22.4. The average molecular weight is 467 g/mol. The highest BCUT2D eigenvalue weighted by molar-refractivity contribution is 7.30. The van der Waals surface area contributed by atoms with Crippen molar-refractivity contribution >= 4 is 42.8 Å². The number of hydrogen-bond donors (Lipinski definition) is 3. The second kappa shape index (κ2) is 10.7. The Morgan fingerprint density at radius 3 is 2.14 bits per heavy atom. The highest BCUT2D eigenvalue weighted by Crippen LogP contribution is 2.39. The lowest BCUT2D eigenvalue weighted by molar-refractivity contribution is -0.384. The molecule has 9 nitrogen and oxygen atoms in total. The van der Waals surface area contributed by atoms with Crippen LogP contribution in [0.15, 0.2) is 30.3 Å². The molecule has 2 aromatic carbocycles. The summed E-state index contributed by atoms with van der Waals surface area (Å²) in [6.07, 6.45) is 0. The van der Waals surface area contributed by atoms with Crippen LogP contribution in [0.3, 0.4) is 0 Å². The standard InChI is InChI=1S/C17H18Cl2N2O4.H3O3P/c1-17(2,3)20-13-7-10(5-6-14(13)21(22)23)25-16-9-15(24-4)11(18)8-12(16)19;1-4(2)3/h5-9,20H,1-4H3;4H,(H2,1,2,3). The van der Waals surface area contributed by atoms with Crippen molar-refractivity contribution in [2.24, 2.45) is 0 Å². The Morgan fingerprint density at radius 1 is 1.10 bits per heavy atom. The van der Waals surface area contributed by atoms with E-state index in [1.807, 2.05) is 20.8 Å². The molecule has 12 heteroatoms. The Labute approximate surface area is 178 Å². The molecule has 0 fully saturated rings. The average Bonchev–Trinajstić information content (AvgIpc) is 2.55. The van der Waals surface area contributed by atoms with Gasteiger partial charge in [-0.15, -0.1) is 0 Å². The van der Waals surface area contributed by atoms with Gasteiger partial charge in [0.15, 0.2) is 0 Å². The SMILES string of the molecule is COc1cc(Oc2ccc([N+](=O)[O-])c(NC(C)(C)C)c2)c(Cl)cc1Cl.O=[PH](O)O. The molecule has 0 spiro atoms. The first-order chi connectivity index (χ1) is 13.3. The maximum absolute atomic E-state index is 11.2. The number of benzene rings is 2. The predicted molar refractivity (Wildman–Crippen MR) is 113 cm³/mol. The quantitative estimate of drug-likeness (QED) is 0.308. The van der Waals surface area contributed by atoms with Crippen LogP contribution in [-0.4, -0.2) is 27.4 Å². The second-order valence-electron chi connectivity index (χ2n) is 6.61. The third kappa shape index (κ3) is 8.47. The molecular formula is C17H21Cl2N2O7P. The third-order valence-corrected chi connectivity index (χ3v) is 3.70. The zero-order valence-electron chi connectivity index (χ0n) is 16.0. The Hall–Kier alpha value is -2.03. The molecule has 0 radical (unpaired) electrons. The summed E-state index contributed by atoms with van der Waals surface area (Å²) in [5.41, 5.74) is -0.0426. The van der Waals surface area contributed by atoms with E-state index in [0.717, 1.165) is 0 Å². The van der Waals surface area contributed by atoms with Crippen LogP contribution >= 0.6 is 31.5 Å². The van der Waals surface area contributed by atoms with Gasteiger partial charge in [0.2, 0.25) is 0 Å². The van der Waals surface area contributed by atoms with Gasteiger partial charge in [-0.1, -0.05) is 23.2 Å². The lowest BCUT2D eigenvalue weighted by Gasteiger charge is -2.22. The van der Waals surface area contributed by atoms with E-state index in [1.54, 1.807) is 12.1 Å². The summed E-state index contributed by atoms with van der Waals surface area (Å²) in [5, 5.41) is 15.0. The van der Waals surface area contributed by atoms with Crippen molar-refractivity contribution in [3.8, 4) is 17.2 Å². The number of nitro groups is 1. The normalized spacial score (nSPS) is 10.8. The van der Waals surface area contributed by atoms with Crippen LogP contribution in [0.4, 0.5) is 11.4 Å². The molecule has 0 heterocycles. The molecule has 3 N–H and O–H groups in total. The van der Waals surface area contributed by atoms with Crippen molar-refractivity contribution in [3.63, 3.8) is 0 Å². The van der Waals surface area contributed by atoms with E-state index in [1.165, 1.54) is 25.3 Å². The number of rotatable bonds is 5. The smallest absolute Gasteiger partial charge is 0.314 e. The molecule has 0 atom stereocenters. The van der Waals surface area contributed by atoms with E-state index in [0.29, 0.717) is 33.0 Å². The minimum absolute atomic E-state index is 0.0398. The van der Waals surface area contributed by atoms with Crippen LogP contribution in [0.2, 0.25) is 10.0 Å². The van der Waals surface area contributed by atoms with Gasteiger partial charge in [-0.25, -0.2) is 0 Å². The number of halogens is 2. The highest BCUT2D eigenvalue weighted by Gasteiger charge is 2.20. The van der Waals surface area contributed by atoms with Crippen molar-refractivity contribution in [1.29, 1.82) is 0 Å². The van der Waals surface area contributed by atoms with Crippen LogP contribution in [0, 0.1) is 10.1 Å². The van der Waals surface area contributed by atoms with Crippen LogP contribution < -0.4 is 14.8 Å². The molecular weight excluding hydrogens is 446 g/mol. The van der Waals surface area contributed by atoms with Crippen molar-refractivity contribution in [2.45, 2.75) is 26.3 Å². The molecule has 0 aliphatic carbocycles. The summed E-state index contributed by atoms with van der Waals surface area (Å²) in [6.45, 7) is 5.72. The maximum atomic E-state index is 11.2. The summed E-state index contributed by atoms with van der Waals surface area (Å²) < 4.78 is 19.7. The van der Waals surface area contributed by atoms with E-state index in [2.05, 4.69) is 5.32 Å². The summed E-state index contributed by atoms with van der Waals surface area (Å²) in [6, 6.07) is 7.51. The van der Waals surface area contributed by atoms with Gasteiger partial charge in [0, 0.05) is 23.7 Å². The topological polar surface area (TPSA) is 131 Å². The van der Waals surface area contributed by atoms with E-state index < -0.39 is 13.2 Å². The number of hydrogen-bond acceptors (Lipinski definition) is 6. The minimum atomic E-state index is -3.13. The van der Waals surface area contributed by atoms with Gasteiger partial charge in [0.1, 0.15) is 22.9 Å². The van der Waals surface area contributed by atoms with E-state index in [-0.39, 0.29) is 11.2 Å². The van der Waals surface area contributed by atoms with E-state index in [4.69, 9.17) is 47.0 Å². The Bertz CT molecular complexity index is 900. The van der Waals surface area contributed by atoms with E-state index >= 15 is 0 Å². The van der Waals surface area contributed by atoms with Gasteiger partial charge < -0.3 is 24.6 Å². The summed E-state index contributed by atoms with van der Waals surface area (Å²) in [7, 11) is -1.65. The lowest BCUT2D eigenvalue weighted by Crippen LogP contribution is -2.26. The van der Waals surface area contributed by atoms with Crippen LogP contribution in [-0.2, 0) is 4.57 Å². The lowest BCUT2D eigenvalue weighted by atomic mass is 10.1. The Kier molecular flexibility index (Phi) is 9.19. The number of nitrogens with one attached hydrogen (secondary N) is 1. The summed E-state index contributed by atoms with van der Waals surface area (Å²) >= 11 is 12.2. The zero-order valence-corrected chi connectivity index (χ0v) is 18.5. The van der Waals surface area contributed by atoms with E-state index in [9.17, 15) is 10.1 Å². The molecule has 0 aromatic heterocycles. The molecule has 29 heavy (non-hydrogen) atoms. The fraction of sp³-hybridized carbons (Fsp3) is 0.294. The van der Waals surface area contributed by atoms with Gasteiger partial charge in [0.05, 0.1) is 22.1 Å². The van der Waals surface area contributed by atoms with Gasteiger partial charge in [-0.3, -0.25) is 14.7 Å². The minimum Gasteiger partial charge on any atom is -0.495 e. The molecule has 160 valence electrons. The van der Waals surface area contributed by atoms with Crippen LogP contribution in [0.25, 0.3) is 0 Å². The number of nitro benzene ring substituents is 1. The van der Waals surface area contributed by atoms with Crippen molar-refractivity contribution < 1.29 is 28.7 Å². The number of nitrogens with zero attached hydrogens (tertiary/aromatic N) is 1. The first-order valence-electron chi connectivity index (χ1n) is 8.03. The largest absolute Gasteiger partial charge is 0.495 e. The molecule has 0 aliphatic rings. The van der Waals surface area contributed by atoms with Gasteiger partial charge in [-0.2, -0.15) is 0 Å². The molecule has 2 aromatic rings.